The molecule has 0 fully saturated rings. The third kappa shape index (κ3) is 6.93. The van der Waals surface area contributed by atoms with Gasteiger partial charge in [0.25, 0.3) is 0 Å². The molecule has 0 spiro atoms. The van der Waals surface area contributed by atoms with Gasteiger partial charge in [0.05, 0.1) is 11.1 Å². The smallest absolute Gasteiger partial charge is 0.145 e. The van der Waals surface area contributed by atoms with E-state index in [-0.39, 0.29) is 0 Å². The zero-order valence-electron chi connectivity index (χ0n) is 38.6. The highest BCUT2D eigenvalue weighted by Gasteiger charge is 2.24. The molecule has 332 valence electrons. The van der Waals surface area contributed by atoms with E-state index in [1.165, 1.54) is 75.1 Å². The second-order valence-corrected chi connectivity index (χ2v) is 19.4. The van der Waals surface area contributed by atoms with Gasteiger partial charge in [0.1, 0.15) is 11.2 Å². The summed E-state index contributed by atoms with van der Waals surface area (Å²) < 4.78 is 9.57. The van der Waals surface area contributed by atoms with E-state index < -0.39 is 0 Å². The van der Waals surface area contributed by atoms with Crippen molar-refractivity contribution >= 4 is 92.1 Å². The minimum absolute atomic E-state index is 0.859. The summed E-state index contributed by atoms with van der Waals surface area (Å²) in [5.41, 5.74) is 16.7. The number of hydrogen-bond acceptors (Lipinski definition) is 3. The van der Waals surface area contributed by atoms with Gasteiger partial charge in [-0.05, 0) is 132 Å². The van der Waals surface area contributed by atoms with E-state index in [9.17, 15) is 0 Å². The van der Waals surface area contributed by atoms with E-state index in [1.54, 1.807) is 0 Å². The summed E-state index contributed by atoms with van der Waals surface area (Å²) in [5, 5.41) is 9.66. The average Bonchev–Trinajstić information content (AvgIpc) is 4.03. The van der Waals surface area contributed by atoms with Gasteiger partial charge in [-0.2, -0.15) is 0 Å². The third-order valence-electron chi connectivity index (χ3n) is 14.3. The summed E-state index contributed by atoms with van der Waals surface area (Å²) in [6, 6.07) is 94.8. The second-order valence-electron chi connectivity index (χ2n) is 18.3. The fourth-order valence-electron chi connectivity index (χ4n) is 11.0. The molecule has 14 aromatic rings. The zero-order chi connectivity index (χ0) is 46.8. The fourth-order valence-corrected chi connectivity index (χ4v) is 12.1. The number of hydrogen-bond donors (Lipinski definition) is 0. The van der Waals surface area contributed by atoms with Crippen molar-refractivity contribution in [2.45, 2.75) is 0 Å². The molecule has 0 amide bonds. The fraction of sp³-hybridized carbons (Fsp3) is 0. The van der Waals surface area contributed by atoms with Crippen molar-refractivity contribution in [1.82, 2.24) is 0 Å². The Balaban J connectivity index is 0.927. The third-order valence-corrected chi connectivity index (χ3v) is 15.4. The highest BCUT2D eigenvalue weighted by atomic mass is 32.1. The molecule has 0 N–H and O–H groups in total. The van der Waals surface area contributed by atoms with Gasteiger partial charge in [0.15, 0.2) is 0 Å². The predicted molar refractivity (Wildman–Crippen MR) is 303 cm³/mol. The molecule has 2 aromatic heterocycles. The first-order valence-corrected chi connectivity index (χ1v) is 25.0. The van der Waals surface area contributed by atoms with Gasteiger partial charge in [-0.3, -0.25) is 0 Å². The van der Waals surface area contributed by atoms with Crippen LogP contribution >= 0.6 is 11.3 Å². The van der Waals surface area contributed by atoms with Crippen LogP contribution in [-0.4, -0.2) is 0 Å². The summed E-state index contributed by atoms with van der Waals surface area (Å²) >= 11 is 1.86. The van der Waals surface area contributed by atoms with Crippen molar-refractivity contribution in [3.8, 4) is 55.6 Å². The maximum atomic E-state index is 6.96. The normalized spacial score (nSPS) is 11.7. The summed E-state index contributed by atoms with van der Waals surface area (Å²) in [6.07, 6.45) is 0. The number of thiophene rings is 1. The van der Waals surface area contributed by atoms with Gasteiger partial charge in [-0.25, -0.2) is 0 Å². The molecule has 2 heterocycles. The van der Waals surface area contributed by atoms with Crippen LogP contribution < -0.4 is 4.90 Å². The van der Waals surface area contributed by atoms with E-state index in [0.717, 1.165) is 61.3 Å². The van der Waals surface area contributed by atoms with Crippen molar-refractivity contribution in [2.75, 3.05) is 4.90 Å². The molecular formula is C68H43NOS. The first kappa shape index (κ1) is 41.0. The predicted octanol–water partition coefficient (Wildman–Crippen LogP) is 20.1. The van der Waals surface area contributed by atoms with Crippen LogP contribution in [0.4, 0.5) is 17.1 Å². The van der Waals surface area contributed by atoms with Gasteiger partial charge in [-0.15, -0.1) is 11.3 Å². The largest absolute Gasteiger partial charge is 0.455 e. The average molecular weight is 922 g/mol. The van der Waals surface area contributed by atoms with Gasteiger partial charge >= 0.3 is 0 Å². The van der Waals surface area contributed by atoms with Gasteiger partial charge in [0, 0.05) is 42.5 Å². The quantitative estimate of drug-likeness (QED) is 0.151. The molecule has 0 unspecified atom stereocenters. The van der Waals surface area contributed by atoms with Crippen molar-refractivity contribution in [1.29, 1.82) is 0 Å². The lowest BCUT2D eigenvalue weighted by Gasteiger charge is -2.27. The molecule has 0 aliphatic carbocycles. The molecule has 2 nitrogen and oxygen atoms in total. The minimum atomic E-state index is 0.859. The Morgan fingerprint density at radius 3 is 1.61 bits per heavy atom. The molecule has 0 saturated carbocycles. The van der Waals surface area contributed by atoms with Crippen LogP contribution in [0, 0.1) is 0 Å². The van der Waals surface area contributed by atoms with Crippen molar-refractivity contribution < 1.29 is 4.42 Å². The highest BCUT2D eigenvalue weighted by molar-refractivity contribution is 7.25. The van der Waals surface area contributed by atoms with Gasteiger partial charge < -0.3 is 9.32 Å². The Labute approximate surface area is 415 Å². The molecule has 0 aliphatic rings. The van der Waals surface area contributed by atoms with Crippen molar-refractivity contribution in [3.63, 3.8) is 0 Å². The molecule has 0 radical (unpaired) electrons. The highest BCUT2D eigenvalue weighted by Crippen LogP contribution is 2.48. The number of rotatable bonds is 8. The van der Waals surface area contributed by atoms with Crippen LogP contribution in [0.5, 0.6) is 0 Å². The maximum Gasteiger partial charge on any atom is 0.145 e. The maximum absolute atomic E-state index is 6.96. The number of fused-ring (bicyclic) bond motifs is 8. The van der Waals surface area contributed by atoms with E-state index in [2.05, 4.69) is 266 Å². The van der Waals surface area contributed by atoms with Crippen LogP contribution in [0.2, 0.25) is 0 Å². The van der Waals surface area contributed by atoms with E-state index >= 15 is 0 Å². The topological polar surface area (TPSA) is 16.4 Å². The monoisotopic (exact) mass is 921 g/mol. The second kappa shape index (κ2) is 16.9. The Kier molecular flexibility index (Phi) is 9.75. The van der Waals surface area contributed by atoms with Crippen molar-refractivity contribution in [2.24, 2.45) is 0 Å². The lowest BCUT2D eigenvalue weighted by molar-refractivity contribution is 0.670. The number of para-hydroxylation sites is 1. The van der Waals surface area contributed by atoms with E-state index in [4.69, 9.17) is 4.42 Å². The summed E-state index contributed by atoms with van der Waals surface area (Å²) in [6.45, 7) is 0. The lowest BCUT2D eigenvalue weighted by Crippen LogP contribution is -2.10. The number of furan rings is 1. The molecule has 0 bridgehead atoms. The molecular weight excluding hydrogens is 879 g/mol. The first-order chi connectivity index (χ1) is 35.2. The summed E-state index contributed by atoms with van der Waals surface area (Å²) in [5.74, 6) is 0. The Morgan fingerprint density at radius 1 is 0.296 bits per heavy atom. The summed E-state index contributed by atoms with van der Waals surface area (Å²) in [4.78, 5) is 2.40. The van der Waals surface area contributed by atoms with Crippen LogP contribution in [0.3, 0.4) is 0 Å². The van der Waals surface area contributed by atoms with Crippen LogP contribution in [0.1, 0.15) is 0 Å². The SMILES string of the molecule is c1cc(-c2ccc(N(c3ccc(-c4ccccc4-c4cccc5sc6ccccc6c45)cc3)c3ccc(-c4cccc5ccccc45)c4oc5ccccc5c34)cc2)cc(-c2cccc3ccccc23)c1. The summed E-state index contributed by atoms with van der Waals surface area (Å²) in [7, 11) is 0. The Hall–Kier alpha value is -9.02. The number of benzene rings is 12. The molecule has 71 heavy (non-hydrogen) atoms. The van der Waals surface area contributed by atoms with Crippen molar-refractivity contribution in [3.05, 3.63) is 261 Å². The molecule has 14 rings (SSSR count). The Bertz CT molecular complexity index is 4340. The zero-order valence-corrected chi connectivity index (χ0v) is 39.4. The minimum Gasteiger partial charge on any atom is -0.455 e. The molecule has 3 heteroatoms. The van der Waals surface area contributed by atoms with E-state index in [1.807, 2.05) is 11.3 Å². The van der Waals surface area contributed by atoms with Crippen LogP contribution in [-0.2, 0) is 0 Å². The lowest BCUT2D eigenvalue weighted by atomic mass is 9.92. The van der Waals surface area contributed by atoms with E-state index in [0.29, 0.717) is 0 Å². The molecule has 0 atom stereocenters. The first-order valence-electron chi connectivity index (χ1n) is 24.2. The van der Waals surface area contributed by atoms with Gasteiger partial charge in [-0.1, -0.05) is 200 Å². The Morgan fingerprint density at radius 2 is 0.831 bits per heavy atom. The van der Waals surface area contributed by atoms with Gasteiger partial charge in [0.2, 0.25) is 0 Å². The van der Waals surface area contributed by atoms with Crippen LogP contribution in [0.15, 0.2) is 265 Å². The number of anilines is 3. The van der Waals surface area contributed by atoms with Crippen LogP contribution in [0.25, 0.3) is 119 Å². The number of nitrogens with zero attached hydrogens (tertiary/aromatic N) is 1. The molecule has 0 saturated heterocycles. The molecule has 0 aliphatic heterocycles. The standard InChI is InChI=1S/C68H43NOS/c1-3-21-52-45(15-1)17-12-27-55(52)49-20-11-19-48(43-49)44-33-37-50(38-34-44)69(62-42-41-59(57-28-13-18-46-16-2-4-22-53(46)57)68-67(62)60-25-7-9-30-63(60)70-68)51-39-35-47(36-40-51)54-23-5-6-24-56(54)58-29-14-32-65-66(58)61-26-8-10-31-64(61)71-65/h1-43H. The molecule has 12 aromatic carbocycles.